The van der Waals surface area contributed by atoms with Crippen molar-refractivity contribution in [3.8, 4) is 0 Å². The minimum atomic E-state index is 0.335. The molecule has 1 aliphatic rings. The first kappa shape index (κ1) is 15.5. The van der Waals surface area contributed by atoms with Gasteiger partial charge >= 0.3 is 0 Å². The van der Waals surface area contributed by atoms with Gasteiger partial charge in [-0.25, -0.2) is 0 Å². The van der Waals surface area contributed by atoms with Gasteiger partial charge in [-0.1, -0.05) is 23.8 Å². The maximum Gasteiger partial charge on any atom is 0.0470 e. The summed E-state index contributed by atoms with van der Waals surface area (Å²) in [5.74, 6) is 0.782. The molecule has 112 valence electrons. The Hall–Kier alpha value is -0.900. The molecule has 1 fully saturated rings. The van der Waals surface area contributed by atoms with Crippen LogP contribution in [0.15, 0.2) is 18.2 Å². The largest absolute Gasteiger partial charge is 0.329 e. The summed E-state index contributed by atoms with van der Waals surface area (Å²) in [4.78, 5) is 4.87. The summed E-state index contributed by atoms with van der Waals surface area (Å²) < 4.78 is 0. The maximum atomic E-state index is 6.06. The molecule has 3 heteroatoms. The Bertz CT molecular complexity index is 444. The molecule has 0 bridgehead atoms. The number of likely N-dealkylation sites (N-methyl/N-ethyl adjacent to an activating group) is 1. The molecular weight excluding hydrogens is 246 g/mol. The molecule has 2 rings (SSSR count). The van der Waals surface area contributed by atoms with Gasteiger partial charge in [-0.05, 0) is 58.0 Å². The second-order valence-corrected chi connectivity index (χ2v) is 6.47. The second-order valence-electron chi connectivity index (χ2n) is 6.47. The highest BCUT2D eigenvalue weighted by Gasteiger charge is 2.24. The van der Waals surface area contributed by atoms with Crippen LogP contribution >= 0.6 is 0 Å². The molecule has 0 amide bonds. The third-order valence-electron chi connectivity index (χ3n) is 4.57. The first-order chi connectivity index (χ1) is 9.51. The van der Waals surface area contributed by atoms with Crippen LogP contribution in [-0.4, -0.2) is 50.1 Å². The van der Waals surface area contributed by atoms with E-state index >= 15 is 0 Å². The SMILES string of the molecule is Cc1ccc(C(CN)N(C)CC2CCN(C)C2)c(C)c1. The molecular formula is C17H29N3. The highest BCUT2D eigenvalue weighted by atomic mass is 15.2. The zero-order valence-corrected chi connectivity index (χ0v) is 13.4. The fourth-order valence-corrected chi connectivity index (χ4v) is 3.45. The van der Waals surface area contributed by atoms with Crippen molar-refractivity contribution < 1.29 is 0 Å². The molecule has 2 atom stereocenters. The highest BCUT2D eigenvalue weighted by molar-refractivity contribution is 5.33. The number of benzene rings is 1. The minimum absolute atomic E-state index is 0.335. The Kier molecular flexibility index (Phi) is 5.19. The molecule has 3 nitrogen and oxygen atoms in total. The lowest BCUT2D eigenvalue weighted by Crippen LogP contribution is -2.35. The topological polar surface area (TPSA) is 32.5 Å². The normalized spacial score (nSPS) is 21.6. The standard InChI is InChI=1S/C17H29N3/c1-13-5-6-16(14(2)9-13)17(10-18)20(4)12-15-7-8-19(3)11-15/h5-6,9,15,17H,7-8,10-12,18H2,1-4H3. The van der Waals surface area contributed by atoms with Crippen LogP contribution in [0.1, 0.15) is 29.2 Å². The molecule has 1 aromatic rings. The number of rotatable bonds is 5. The van der Waals surface area contributed by atoms with E-state index in [1.54, 1.807) is 0 Å². The number of aryl methyl sites for hydroxylation is 2. The summed E-state index contributed by atoms with van der Waals surface area (Å²) in [6, 6.07) is 7.04. The van der Waals surface area contributed by atoms with Gasteiger partial charge in [0.2, 0.25) is 0 Å². The van der Waals surface area contributed by atoms with Crippen LogP contribution in [0, 0.1) is 19.8 Å². The predicted molar refractivity (Wildman–Crippen MR) is 85.9 cm³/mol. The second kappa shape index (κ2) is 6.70. The van der Waals surface area contributed by atoms with E-state index in [4.69, 9.17) is 5.73 Å². The minimum Gasteiger partial charge on any atom is -0.329 e. The van der Waals surface area contributed by atoms with Gasteiger partial charge in [0.05, 0.1) is 0 Å². The molecule has 0 aliphatic carbocycles. The summed E-state index contributed by atoms with van der Waals surface area (Å²) in [5, 5.41) is 0. The summed E-state index contributed by atoms with van der Waals surface area (Å²) in [5.41, 5.74) is 10.1. The molecule has 1 saturated heterocycles. The smallest absolute Gasteiger partial charge is 0.0470 e. The third-order valence-corrected chi connectivity index (χ3v) is 4.57. The number of likely N-dealkylation sites (tertiary alicyclic amines) is 1. The Balaban J connectivity index is 2.06. The molecule has 1 aliphatic heterocycles. The zero-order valence-electron chi connectivity index (χ0n) is 13.4. The van der Waals surface area contributed by atoms with Gasteiger partial charge in [0.1, 0.15) is 0 Å². The van der Waals surface area contributed by atoms with Crippen LogP contribution in [-0.2, 0) is 0 Å². The molecule has 0 spiro atoms. The summed E-state index contributed by atoms with van der Waals surface area (Å²) in [6.45, 7) is 8.61. The highest BCUT2D eigenvalue weighted by Crippen LogP contribution is 2.25. The first-order valence-electron chi connectivity index (χ1n) is 7.67. The van der Waals surface area contributed by atoms with Gasteiger partial charge in [-0.15, -0.1) is 0 Å². The Morgan fingerprint density at radius 1 is 1.40 bits per heavy atom. The van der Waals surface area contributed by atoms with E-state index in [1.165, 1.54) is 36.2 Å². The maximum absolute atomic E-state index is 6.06. The van der Waals surface area contributed by atoms with Gasteiger partial charge in [-0.3, -0.25) is 4.90 Å². The van der Waals surface area contributed by atoms with Crippen LogP contribution in [0.2, 0.25) is 0 Å². The molecule has 0 radical (unpaired) electrons. The van der Waals surface area contributed by atoms with E-state index in [-0.39, 0.29) is 0 Å². The van der Waals surface area contributed by atoms with Gasteiger partial charge < -0.3 is 10.6 Å². The van der Waals surface area contributed by atoms with E-state index in [2.05, 4.69) is 55.9 Å². The van der Waals surface area contributed by atoms with Crippen molar-refractivity contribution in [2.75, 3.05) is 40.3 Å². The van der Waals surface area contributed by atoms with Crippen molar-refractivity contribution in [2.45, 2.75) is 26.3 Å². The van der Waals surface area contributed by atoms with E-state index in [9.17, 15) is 0 Å². The Morgan fingerprint density at radius 3 is 2.70 bits per heavy atom. The first-order valence-corrected chi connectivity index (χ1v) is 7.67. The Labute approximate surface area is 123 Å². The van der Waals surface area contributed by atoms with Gasteiger partial charge in [0.15, 0.2) is 0 Å². The molecule has 0 saturated carbocycles. The number of hydrogen-bond acceptors (Lipinski definition) is 3. The molecule has 2 unspecified atom stereocenters. The van der Waals surface area contributed by atoms with E-state index in [1.807, 2.05) is 0 Å². The Morgan fingerprint density at radius 2 is 2.15 bits per heavy atom. The van der Waals surface area contributed by atoms with Gasteiger partial charge in [-0.2, -0.15) is 0 Å². The number of nitrogens with zero attached hydrogens (tertiary/aromatic N) is 2. The van der Waals surface area contributed by atoms with Crippen LogP contribution in [0.3, 0.4) is 0 Å². The fraction of sp³-hybridized carbons (Fsp3) is 0.647. The summed E-state index contributed by atoms with van der Waals surface area (Å²) in [6.07, 6.45) is 1.31. The summed E-state index contributed by atoms with van der Waals surface area (Å²) >= 11 is 0. The quantitative estimate of drug-likeness (QED) is 0.894. The molecule has 1 aromatic carbocycles. The average molecular weight is 275 g/mol. The van der Waals surface area contributed by atoms with E-state index < -0.39 is 0 Å². The lowest BCUT2D eigenvalue weighted by molar-refractivity contribution is 0.211. The average Bonchev–Trinajstić information content (AvgIpc) is 2.78. The van der Waals surface area contributed by atoms with E-state index in [0.29, 0.717) is 12.6 Å². The van der Waals surface area contributed by atoms with Gasteiger partial charge in [0.25, 0.3) is 0 Å². The van der Waals surface area contributed by atoms with Crippen molar-refractivity contribution >= 4 is 0 Å². The van der Waals surface area contributed by atoms with E-state index in [0.717, 1.165) is 12.5 Å². The molecule has 2 N–H and O–H groups in total. The number of hydrogen-bond donors (Lipinski definition) is 1. The van der Waals surface area contributed by atoms with Gasteiger partial charge in [0, 0.05) is 25.7 Å². The lowest BCUT2D eigenvalue weighted by Gasteiger charge is -2.30. The number of nitrogens with two attached hydrogens (primary N) is 1. The third kappa shape index (κ3) is 3.60. The monoisotopic (exact) mass is 275 g/mol. The fourth-order valence-electron chi connectivity index (χ4n) is 3.45. The molecule has 20 heavy (non-hydrogen) atoms. The van der Waals surface area contributed by atoms with Crippen molar-refractivity contribution in [1.82, 2.24) is 9.80 Å². The molecule has 1 heterocycles. The summed E-state index contributed by atoms with van der Waals surface area (Å²) in [7, 11) is 4.43. The van der Waals surface area contributed by atoms with Crippen LogP contribution in [0.5, 0.6) is 0 Å². The van der Waals surface area contributed by atoms with Crippen molar-refractivity contribution in [3.63, 3.8) is 0 Å². The zero-order chi connectivity index (χ0) is 14.7. The molecule has 0 aromatic heterocycles. The van der Waals surface area contributed by atoms with Crippen molar-refractivity contribution in [3.05, 3.63) is 34.9 Å². The van der Waals surface area contributed by atoms with Crippen LogP contribution in [0.25, 0.3) is 0 Å². The van der Waals surface area contributed by atoms with Crippen molar-refractivity contribution in [2.24, 2.45) is 11.7 Å². The van der Waals surface area contributed by atoms with Crippen molar-refractivity contribution in [1.29, 1.82) is 0 Å². The van der Waals surface area contributed by atoms with Crippen LogP contribution < -0.4 is 5.73 Å². The van der Waals surface area contributed by atoms with Crippen LogP contribution in [0.4, 0.5) is 0 Å². The predicted octanol–water partition coefficient (Wildman–Crippen LogP) is 2.19. The lowest BCUT2D eigenvalue weighted by atomic mass is 9.97.